The lowest BCUT2D eigenvalue weighted by molar-refractivity contribution is 0.0728. The minimum Gasteiger partial charge on any atom is -0.381 e. The Morgan fingerprint density at radius 2 is 2.16 bits per heavy atom. The monoisotopic (exact) mass is 279 g/mol. The van der Waals surface area contributed by atoms with Gasteiger partial charge in [-0.3, -0.25) is 0 Å². The summed E-state index contributed by atoms with van der Waals surface area (Å²) >= 11 is 1.99. The Morgan fingerprint density at radius 1 is 1.37 bits per heavy atom. The summed E-state index contributed by atoms with van der Waals surface area (Å²) in [6, 6.07) is 9.39. The van der Waals surface area contributed by atoms with Crippen LogP contribution in [0, 0.1) is 5.92 Å². The third-order valence-electron chi connectivity index (χ3n) is 3.69. The van der Waals surface area contributed by atoms with Gasteiger partial charge in [0, 0.05) is 29.9 Å². The molecule has 1 aliphatic heterocycles. The summed E-state index contributed by atoms with van der Waals surface area (Å²) in [4.78, 5) is 1.40. The van der Waals surface area contributed by atoms with Crippen LogP contribution in [0.2, 0.25) is 0 Å². The molecule has 19 heavy (non-hydrogen) atoms. The van der Waals surface area contributed by atoms with Crippen molar-refractivity contribution in [1.29, 1.82) is 0 Å². The standard InChI is InChI=1S/C16H25NOS/c1-3-17-13(2)15-5-4-6-16(11-15)19-12-14-7-9-18-10-8-14/h4-6,11,13-14,17H,3,7-10,12H2,1-2H3. The maximum absolute atomic E-state index is 5.41. The van der Waals surface area contributed by atoms with E-state index in [1.165, 1.54) is 29.1 Å². The maximum Gasteiger partial charge on any atom is 0.0468 e. The molecular weight excluding hydrogens is 254 g/mol. The molecule has 2 rings (SSSR count). The highest BCUT2D eigenvalue weighted by molar-refractivity contribution is 7.99. The molecule has 0 amide bonds. The summed E-state index contributed by atoms with van der Waals surface area (Å²) in [6.45, 7) is 7.29. The van der Waals surface area contributed by atoms with E-state index in [0.29, 0.717) is 6.04 Å². The van der Waals surface area contributed by atoms with E-state index < -0.39 is 0 Å². The fourth-order valence-electron chi connectivity index (χ4n) is 2.42. The van der Waals surface area contributed by atoms with Crippen molar-refractivity contribution < 1.29 is 4.74 Å². The largest absolute Gasteiger partial charge is 0.381 e. The predicted molar refractivity (Wildman–Crippen MR) is 82.8 cm³/mol. The van der Waals surface area contributed by atoms with Gasteiger partial charge in [-0.1, -0.05) is 19.1 Å². The van der Waals surface area contributed by atoms with Gasteiger partial charge in [-0.15, -0.1) is 11.8 Å². The van der Waals surface area contributed by atoms with Crippen LogP contribution >= 0.6 is 11.8 Å². The molecule has 106 valence electrons. The van der Waals surface area contributed by atoms with Gasteiger partial charge in [0.2, 0.25) is 0 Å². The molecule has 2 nitrogen and oxygen atoms in total. The zero-order chi connectivity index (χ0) is 13.5. The minimum absolute atomic E-state index is 0.439. The first-order valence-corrected chi connectivity index (χ1v) is 8.32. The van der Waals surface area contributed by atoms with E-state index >= 15 is 0 Å². The number of thioether (sulfide) groups is 1. The second kappa shape index (κ2) is 7.93. The molecular formula is C16H25NOS. The number of hydrogen-bond donors (Lipinski definition) is 1. The summed E-state index contributed by atoms with van der Waals surface area (Å²) in [6.07, 6.45) is 2.45. The molecule has 0 spiro atoms. The topological polar surface area (TPSA) is 21.3 Å². The first kappa shape index (κ1) is 14.9. The lowest BCUT2D eigenvalue weighted by Crippen LogP contribution is -2.18. The summed E-state index contributed by atoms with van der Waals surface area (Å²) in [5.41, 5.74) is 1.39. The minimum atomic E-state index is 0.439. The van der Waals surface area contributed by atoms with E-state index in [2.05, 4.69) is 43.4 Å². The molecule has 0 radical (unpaired) electrons. The normalized spacial score (nSPS) is 18.4. The highest BCUT2D eigenvalue weighted by Crippen LogP contribution is 2.27. The fourth-order valence-corrected chi connectivity index (χ4v) is 3.58. The van der Waals surface area contributed by atoms with Gasteiger partial charge < -0.3 is 10.1 Å². The van der Waals surface area contributed by atoms with Crippen molar-refractivity contribution in [3.05, 3.63) is 29.8 Å². The number of nitrogens with one attached hydrogen (secondary N) is 1. The molecule has 1 atom stereocenters. The molecule has 0 bridgehead atoms. The molecule has 3 heteroatoms. The Hall–Kier alpha value is -0.510. The summed E-state index contributed by atoms with van der Waals surface area (Å²) < 4.78 is 5.41. The quantitative estimate of drug-likeness (QED) is 0.799. The van der Waals surface area contributed by atoms with Crippen LogP contribution in [0.15, 0.2) is 29.2 Å². The molecule has 1 aromatic rings. The van der Waals surface area contributed by atoms with Crippen LogP contribution in [-0.2, 0) is 4.74 Å². The van der Waals surface area contributed by atoms with E-state index in [9.17, 15) is 0 Å². The van der Waals surface area contributed by atoms with Crippen LogP contribution in [0.25, 0.3) is 0 Å². The average Bonchev–Trinajstić information content (AvgIpc) is 2.47. The van der Waals surface area contributed by atoms with Gasteiger partial charge in [0.25, 0.3) is 0 Å². The van der Waals surface area contributed by atoms with E-state index in [-0.39, 0.29) is 0 Å². The Kier molecular flexibility index (Phi) is 6.21. The fraction of sp³-hybridized carbons (Fsp3) is 0.625. The van der Waals surface area contributed by atoms with Crippen LogP contribution in [0.1, 0.15) is 38.3 Å². The van der Waals surface area contributed by atoms with Crippen molar-refractivity contribution >= 4 is 11.8 Å². The third-order valence-corrected chi connectivity index (χ3v) is 4.92. The first-order chi connectivity index (χ1) is 9.29. The van der Waals surface area contributed by atoms with Crippen molar-refractivity contribution in [2.45, 2.75) is 37.6 Å². The molecule has 1 fully saturated rings. The van der Waals surface area contributed by atoms with Crippen LogP contribution in [0.3, 0.4) is 0 Å². The average molecular weight is 279 g/mol. The van der Waals surface area contributed by atoms with Crippen molar-refractivity contribution in [3.63, 3.8) is 0 Å². The number of benzene rings is 1. The number of rotatable bonds is 6. The molecule has 0 aromatic heterocycles. The first-order valence-electron chi connectivity index (χ1n) is 7.33. The third kappa shape index (κ3) is 4.83. The lowest BCUT2D eigenvalue weighted by atomic mass is 10.0. The summed E-state index contributed by atoms with van der Waals surface area (Å²) in [7, 11) is 0. The molecule has 1 N–H and O–H groups in total. The number of hydrogen-bond acceptors (Lipinski definition) is 3. The summed E-state index contributed by atoms with van der Waals surface area (Å²) in [5, 5.41) is 3.47. The molecule has 1 aromatic carbocycles. The van der Waals surface area contributed by atoms with Crippen LogP contribution in [0.5, 0.6) is 0 Å². The van der Waals surface area contributed by atoms with Crippen molar-refractivity contribution in [3.8, 4) is 0 Å². The van der Waals surface area contributed by atoms with Gasteiger partial charge in [-0.25, -0.2) is 0 Å². The highest BCUT2D eigenvalue weighted by Gasteiger charge is 2.14. The van der Waals surface area contributed by atoms with Crippen LogP contribution < -0.4 is 5.32 Å². The molecule has 1 unspecified atom stereocenters. The Labute approximate surface area is 121 Å². The maximum atomic E-state index is 5.41. The van der Waals surface area contributed by atoms with E-state index in [0.717, 1.165) is 25.7 Å². The van der Waals surface area contributed by atoms with Gasteiger partial charge >= 0.3 is 0 Å². The SMILES string of the molecule is CCNC(C)c1cccc(SCC2CCOCC2)c1. The van der Waals surface area contributed by atoms with Crippen LogP contribution in [-0.4, -0.2) is 25.5 Å². The Balaban J connectivity index is 1.87. The summed E-state index contributed by atoms with van der Waals surface area (Å²) in [5.74, 6) is 2.05. The second-order valence-corrected chi connectivity index (χ2v) is 6.31. The van der Waals surface area contributed by atoms with E-state index in [1.54, 1.807) is 0 Å². The Bertz CT molecular complexity index is 377. The van der Waals surface area contributed by atoms with Gasteiger partial charge in [0.1, 0.15) is 0 Å². The van der Waals surface area contributed by atoms with Gasteiger partial charge in [-0.2, -0.15) is 0 Å². The van der Waals surface area contributed by atoms with Crippen molar-refractivity contribution in [2.24, 2.45) is 5.92 Å². The van der Waals surface area contributed by atoms with E-state index in [4.69, 9.17) is 4.74 Å². The predicted octanol–water partition coefficient (Wildman–Crippen LogP) is 3.88. The Morgan fingerprint density at radius 3 is 2.89 bits per heavy atom. The van der Waals surface area contributed by atoms with Gasteiger partial charge in [0.05, 0.1) is 0 Å². The van der Waals surface area contributed by atoms with Crippen molar-refractivity contribution in [1.82, 2.24) is 5.32 Å². The second-order valence-electron chi connectivity index (χ2n) is 5.22. The van der Waals surface area contributed by atoms with Crippen molar-refractivity contribution in [2.75, 3.05) is 25.5 Å². The highest BCUT2D eigenvalue weighted by atomic mass is 32.2. The number of ether oxygens (including phenoxy) is 1. The molecule has 1 aliphatic rings. The smallest absolute Gasteiger partial charge is 0.0468 e. The lowest BCUT2D eigenvalue weighted by Gasteiger charge is -2.21. The molecule has 0 aliphatic carbocycles. The molecule has 1 saturated heterocycles. The van der Waals surface area contributed by atoms with Gasteiger partial charge in [0.15, 0.2) is 0 Å². The molecule has 0 saturated carbocycles. The van der Waals surface area contributed by atoms with Crippen LogP contribution in [0.4, 0.5) is 0 Å². The van der Waals surface area contributed by atoms with E-state index in [1.807, 2.05) is 11.8 Å². The zero-order valence-electron chi connectivity index (χ0n) is 12.0. The van der Waals surface area contributed by atoms with Gasteiger partial charge in [-0.05, 0) is 49.9 Å². The zero-order valence-corrected chi connectivity index (χ0v) is 12.8. The molecule has 1 heterocycles.